The Morgan fingerprint density at radius 3 is 0.750 bits per heavy atom. The van der Waals surface area contributed by atoms with E-state index in [2.05, 4.69) is 11.7 Å². The number of unbranched alkanes of at least 4 members (excludes halogenated alkanes) is 7. The van der Waals surface area contributed by atoms with E-state index in [1.165, 1.54) is 52.1 Å². The molecule has 0 aromatic carbocycles. The van der Waals surface area contributed by atoms with Crippen LogP contribution in [0.2, 0.25) is 0 Å². The number of carbonyl (C=O) groups excluding carboxylic acids is 1. The van der Waals surface area contributed by atoms with Crippen molar-refractivity contribution in [1.82, 2.24) is 0 Å². The van der Waals surface area contributed by atoms with Crippen LogP contribution in [0, 0.1) is 0 Å². The molecule has 0 aliphatic rings. The van der Waals surface area contributed by atoms with Crippen molar-refractivity contribution in [2.45, 2.75) is 58.3 Å². The van der Waals surface area contributed by atoms with Crippen LogP contribution in [-0.4, -0.2) is 185 Å². The molecular weight excluding hydrogens is 684 g/mol. The standard InChI is InChI=1S/C37H74O15/c1-3-4-5-6-7-8-9-10-11-40-12-13-41-14-15-42-16-17-43-18-19-44-20-21-45-22-23-46-24-25-47-26-27-48-28-29-49-30-31-50-32-33-51-34-35-52-36-37(38)39-2/h3-36H2,1-2H3. The zero-order valence-electron chi connectivity index (χ0n) is 32.7. The van der Waals surface area contributed by atoms with E-state index in [0.29, 0.717) is 159 Å². The fourth-order valence-electron chi connectivity index (χ4n) is 4.19. The van der Waals surface area contributed by atoms with E-state index in [-0.39, 0.29) is 6.61 Å². The highest BCUT2D eigenvalue weighted by Crippen LogP contribution is 2.08. The fraction of sp³-hybridized carbons (Fsp3) is 0.973. The van der Waals surface area contributed by atoms with Gasteiger partial charge in [-0.15, -0.1) is 0 Å². The molecule has 0 N–H and O–H groups in total. The molecule has 0 rings (SSSR count). The third kappa shape index (κ3) is 47.0. The molecule has 0 unspecified atom stereocenters. The first-order chi connectivity index (χ1) is 25.8. The number of hydrogen-bond acceptors (Lipinski definition) is 15. The van der Waals surface area contributed by atoms with Gasteiger partial charge in [-0.1, -0.05) is 51.9 Å². The summed E-state index contributed by atoms with van der Waals surface area (Å²) in [7, 11) is 1.32. The molecule has 0 bridgehead atoms. The fourth-order valence-corrected chi connectivity index (χ4v) is 4.19. The third-order valence-electron chi connectivity index (χ3n) is 7.05. The van der Waals surface area contributed by atoms with Gasteiger partial charge in [-0.05, 0) is 6.42 Å². The van der Waals surface area contributed by atoms with Gasteiger partial charge in [-0.25, -0.2) is 4.79 Å². The van der Waals surface area contributed by atoms with Gasteiger partial charge in [-0.2, -0.15) is 0 Å². The summed E-state index contributed by atoms with van der Waals surface area (Å²) in [6.07, 6.45) is 10.5. The molecule has 0 aromatic rings. The van der Waals surface area contributed by atoms with E-state index in [9.17, 15) is 4.79 Å². The molecule has 0 saturated carbocycles. The summed E-state index contributed by atoms with van der Waals surface area (Å²) >= 11 is 0. The lowest BCUT2D eigenvalue weighted by molar-refractivity contribution is -0.146. The van der Waals surface area contributed by atoms with Gasteiger partial charge in [-0.3, -0.25) is 0 Å². The quantitative estimate of drug-likeness (QED) is 0.0659. The van der Waals surface area contributed by atoms with E-state index >= 15 is 0 Å². The van der Waals surface area contributed by atoms with Crippen LogP contribution in [0.1, 0.15) is 58.3 Å². The Morgan fingerprint density at radius 2 is 0.500 bits per heavy atom. The second kappa shape index (κ2) is 48.0. The van der Waals surface area contributed by atoms with Crippen molar-refractivity contribution in [3.8, 4) is 0 Å². The zero-order chi connectivity index (χ0) is 37.5. The van der Waals surface area contributed by atoms with Gasteiger partial charge in [0.25, 0.3) is 0 Å². The predicted octanol–water partition coefficient (Wildman–Crippen LogP) is 3.52. The molecule has 0 saturated heterocycles. The SMILES string of the molecule is CCCCCCCCCCOCCOCCOCCOCCOCCOCCOCCOCCOCCOCCOCCOCCOCC(=O)OC. The van der Waals surface area contributed by atoms with Gasteiger partial charge in [0.2, 0.25) is 0 Å². The number of esters is 1. The summed E-state index contributed by atoms with van der Waals surface area (Å²) < 4.78 is 75.3. The lowest BCUT2D eigenvalue weighted by Crippen LogP contribution is -2.16. The van der Waals surface area contributed by atoms with Crippen molar-refractivity contribution in [2.24, 2.45) is 0 Å². The van der Waals surface area contributed by atoms with Crippen molar-refractivity contribution in [3.05, 3.63) is 0 Å². The van der Waals surface area contributed by atoms with Gasteiger partial charge in [0, 0.05) is 6.61 Å². The topological polar surface area (TPSA) is 146 Å². The first-order valence-corrected chi connectivity index (χ1v) is 19.4. The molecule has 0 amide bonds. The minimum atomic E-state index is -0.407. The highest BCUT2D eigenvalue weighted by Gasteiger charge is 2.00. The van der Waals surface area contributed by atoms with Gasteiger partial charge in [0.15, 0.2) is 0 Å². The van der Waals surface area contributed by atoms with Gasteiger partial charge in [0.05, 0.1) is 166 Å². The number of hydrogen-bond donors (Lipinski definition) is 0. The minimum Gasteiger partial charge on any atom is -0.467 e. The molecule has 312 valence electrons. The van der Waals surface area contributed by atoms with E-state index in [1.807, 2.05) is 0 Å². The highest BCUT2D eigenvalue weighted by atomic mass is 16.6. The van der Waals surface area contributed by atoms with Crippen LogP contribution in [0.4, 0.5) is 0 Å². The normalized spacial score (nSPS) is 11.5. The first kappa shape index (κ1) is 51.0. The molecule has 0 heterocycles. The van der Waals surface area contributed by atoms with E-state index in [0.717, 1.165) is 13.0 Å². The maximum Gasteiger partial charge on any atom is 0.331 e. The van der Waals surface area contributed by atoms with Gasteiger partial charge in [0.1, 0.15) is 6.61 Å². The predicted molar refractivity (Wildman–Crippen MR) is 195 cm³/mol. The lowest BCUT2D eigenvalue weighted by atomic mass is 10.1. The molecule has 0 spiro atoms. The van der Waals surface area contributed by atoms with Crippen molar-refractivity contribution in [3.63, 3.8) is 0 Å². The molecule has 0 aliphatic heterocycles. The minimum absolute atomic E-state index is 0.0705. The van der Waals surface area contributed by atoms with Crippen LogP contribution in [0.25, 0.3) is 0 Å². The lowest BCUT2D eigenvalue weighted by Gasteiger charge is -2.09. The smallest absolute Gasteiger partial charge is 0.331 e. The summed E-state index contributed by atoms with van der Waals surface area (Å²) in [6.45, 7) is 15.1. The largest absolute Gasteiger partial charge is 0.467 e. The molecule has 15 nitrogen and oxygen atoms in total. The Hall–Kier alpha value is -1.05. The monoisotopic (exact) mass is 759 g/mol. The van der Waals surface area contributed by atoms with Crippen LogP contribution >= 0.6 is 0 Å². The van der Waals surface area contributed by atoms with Crippen LogP contribution < -0.4 is 0 Å². The average molecular weight is 759 g/mol. The van der Waals surface area contributed by atoms with Crippen LogP contribution in [-0.2, 0) is 71.1 Å². The maximum atomic E-state index is 10.9. The van der Waals surface area contributed by atoms with Crippen LogP contribution in [0.15, 0.2) is 0 Å². The van der Waals surface area contributed by atoms with Crippen molar-refractivity contribution < 1.29 is 71.1 Å². The Morgan fingerprint density at radius 1 is 0.288 bits per heavy atom. The van der Waals surface area contributed by atoms with Crippen molar-refractivity contribution in [1.29, 1.82) is 0 Å². The van der Waals surface area contributed by atoms with Crippen LogP contribution in [0.3, 0.4) is 0 Å². The number of carbonyl (C=O) groups is 1. The van der Waals surface area contributed by atoms with E-state index in [1.54, 1.807) is 0 Å². The molecular formula is C37H74O15. The Balaban J connectivity index is 3.06. The summed E-state index contributed by atoms with van der Waals surface area (Å²) in [4.78, 5) is 10.9. The molecule has 0 atom stereocenters. The second-order valence-electron chi connectivity index (χ2n) is 11.5. The molecule has 0 fully saturated rings. The molecule has 0 radical (unpaired) electrons. The van der Waals surface area contributed by atoms with Gasteiger partial charge < -0.3 is 66.3 Å². The van der Waals surface area contributed by atoms with Gasteiger partial charge >= 0.3 is 5.97 Å². The van der Waals surface area contributed by atoms with Crippen molar-refractivity contribution in [2.75, 3.05) is 179 Å². The maximum absolute atomic E-state index is 10.9. The number of ether oxygens (including phenoxy) is 14. The summed E-state index contributed by atoms with van der Waals surface area (Å²) in [6, 6.07) is 0. The summed E-state index contributed by atoms with van der Waals surface area (Å²) in [5, 5.41) is 0. The third-order valence-corrected chi connectivity index (χ3v) is 7.05. The molecule has 0 aromatic heterocycles. The Bertz CT molecular complexity index is 663. The number of rotatable bonds is 47. The van der Waals surface area contributed by atoms with E-state index in [4.69, 9.17) is 61.6 Å². The first-order valence-electron chi connectivity index (χ1n) is 19.4. The molecule has 15 heteroatoms. The summed E-state index contributed by atoms with van der Waals surface area (Å²) in [5.41, 5.74) is 0. The van der Waals surface area contributed by atoms with Crippen molar-refractivity contribution >= 4 is 5.97 Å². The molecule has 52 heavy (non-hydrogen) atoms. The Kier molecular flexibility index (Phi) is 47.0. The zero-order valence-corrected chi connectivity index (χ0v) is 32.7. The number of methoxy groups -OCH3 is 1. The highest BCUT2D eigenvalue weighted by molar-refractivity contribution is 5.70. The molecule has 0 aliphatic carbocycles. The average Bonchev–Trinajstić information content (AvgIpc) is 3.16. The van der Waals surface area contributed by atoms with Crippen LogP contribution in [0.5, 0.6) is 0 Å². The summed E-state index contributed by atoms with van der Waals surface area (Å²) in [5.74, 6) is -0.407. The Labute approximate surface area is 314 Å². The second-order valence-corrected chi connectivity index (χ2v) is 11.5. The van der Waals surface area contributed by atoms with E-state index < -0.39 is 5.97 Å².